The van der Waals surface area contributed by atoms with Crippen LogP contribution in [0.1, 0.15) is 15.9 Å². The van der Waals surface area contributed by atoms with Crippen LogP contribution in [0.2, 0.25) is 0 Å². The molecule has 0 saturated heterocycles. The van der Waals surface area contributed by atoms with E-state index in [1.54, 1.807) is 30.3 Å². The van der Waals surface area contributed by atoms with E-state index in [0.717, 1.165) is 0 Å². The smallest absolute Gasteiger partial charge is 0.342 e. The number of benzene rings is 2. The third-order valence-corrected chi connectivity index (χ3v) is 3.59. The molecule has 1 heterocycles. The number of carbonyl (C=O) groups excluding carboxylic acids is 1. The van der Waals surface area contributed by atoms with E-state index in [-0.39, 0.29) is 19.0 Å². The van der Waals surface area contributed by atoms with Gasteiger partial charge in [-0.3, -0.25) is 0 Å². The summed E-state index contributed by atoms with van der Waals surface area (Å²) >= 11 is 0. The van der Waals surface area contributed by atoms with Crippen LogP contribution in [0.25, 0.3) is 22.1 Å². The fourth-order valence-corrected chi connectivity index (χ4v) is 2.45. The minimum absolute atomic E-state index is 0.145. The molecule has 1 aromatic heterocycles. The Morgan fingerprint density at radius 3 is 2.62 bits per heavy atom. The molecule has 0 aliphatic heterocycles. The van der Waals surface area contributed by atoms with Gasteiger partial charge in [0.05, 0.1) is 30.3 Å². The summed E-state index contributed by atoms with van der Waals surface area (Å²) in [6.07, 6.45) is 0. The maximum atomic E-state index is 12.2. The third kappa shape index (κ3) is 2.75. The van der Waals surface area contributed by atoms with Gasteiger partial charge in [-0.15, -0.1) is 0 Å². The van der Waals surface area contributed by atoms with Gasteiger partial charge in [-0.25, -0.2) is 14.8 Å². The number of methoxy groups -OCH3 is 2. The van der Waals surface area contributed by atoms with E-state index >= 15 is 0 Å². The van der Waals surface area contributed by atoms with Crippen LogP contribution in [-0.2, 0) is 16.1 Å². The molecule has 0 amide bonds. The number of para-hydroxylation sites is 1. The van der Waals surface area contributed by atoms with Crippen LogP contribution in [0.3, 0.4) is 0 Å². The highest BCUT2D eigenvalue weighted by Crippen LogP contribution is 2.29. The van der Waals surface area contributed by atoms with Crippen molar-refractivity contribution in [2.75, 3.05) is 21.0 Å². The van der Waals surface area contributed by atoms with Crippen LogP contribution in [0.15, 0.2) is 30.3 Å². The number of rotatable bonds is 5. The molecule has 0 aliphatic carbocycles. The molecule has 0 spiro atoms. The number of fused-ring (bicyclic) bond motifs is 2. The predicted molar refractivity (Wildman–Crippen MR) is 86.8 cm³/mol. The molecule has 24 heavy (non-hydrogen) atoms. The lowest BCUT2D eigenvalue weighted by Gasteiger charge is -2.11. The minimum atomic E-state index is -0.548. The highest BCUT2D eigenvalue weighted by Gasteiger charge is 2.17. The number of nitrogens with zero attached hydrogens (tertiary/aromatic N) is 2. The van der Waals surface area contributed by atoms with Crippen LogP contribution >= 0.6 is 0 Å². The predicted octanol–water partition coefficient (Wildman–Crippen LogP) is 2.04. The highest BCUT2D eigenvalue weighted by atomic mass is 16.7. The van der Waals surface area contributed by atoms with Gasteiger partial charge in [0, 0.05) is 12.7 Å². The SMILES string of the molecule is COCOC(=O)c1cccc2nc3c(CO)ccc(OC)c3nc12. The Labute approximate surface area is 137 Å². The fourth-order valence-electron chi connectivity index (χ4n) is 2.45. The van der Waals surface area contributed by atoms with Crippen molar-refractivity contribution < 1.29 is 24.1 Å². The van der Waals surface area contributed by atoms with Gasteiger partial charge in [0.1, 0.15) is 16.8 Å². The molecule has 1 N–H and O–H groups in total. The Hall–Kier alpha value is -2.77. The molecule has 0 saturated carbocycles. The number of carbonyl (C=O) groups is 1. The van der Waals surface area contributed by atoms with Crippen molar-refractivity contribution in [3.63, 3.8) is 0 Å². The van der Waals surface area contributed by atoms with E-state index in [2.05, 4.69) is 9.97 Å². The number of aromatic nitrogens is 2. The van der Waals surface area contributed by atoms with E-state index in [9.17, 15) is 9.90 Å². The molecular weight excluding hydrogens is 312 g/mol. The van der Waals surface area contributed by atoms with Gasteiger partial charge < -0.3 is 19.3 Å². The second kappa shape index (κ2) is 6.77. The quantitative estimate of drug-likeness (QED) is 0.435. The van der Waals surface area contributed by atoms with Crippen molar-refractivity contribution in [2.45, 2.75) is 6.61 Å². The molecule has 124 valence electrons. The van der Waals surface area contributed by atoms with Gasteiger partial charge in [0.25, 0.3) is 0 Å². The third-order valence-electron chi connectivity index (χ3n) is 3.59. The number of esters is 1. The van der Waals surface area contributed by atoms with Gasteiger partial charge >= 0.3 is 5.97 Å². The number of hydrogen-bond acceptors (Lipinski definition) is 7. The Kier molecular flexibility index (Phi) is 4.54. The average molecular weight is 328 g/mol. The zero-order valence-corrected chi connectivity index (χ0v) is 13.3. The zero-order chi connectivity index (χ0) is 17.1. The first-order valence-corrected chi connectivity index (χ1v) is 7.23. The number of aliphatic hydroxyl groups is 1. The second-order valence-electron chi connectivity index (χ2n) is 5.02. The lowest BCUT2D eigenvalue weighted by molar-refractivity contribution is -0.0123. The van der Waals surface area contributed by atoms with E-state index in [4.69, 9.17) is 14.2 Å². The van der Waals surface area contributed by atoms with Gasteiger partial charge in [0.2, 0.25) is 0 Å². The van der Waals surface area contributed by atoms with Crippen LogP contribution in [0.4, 0.5) is 0 Å². The highest BCUT2D eigenvalue weighted by molar-refractivity contribution is 6.04. The topological polar surface area (TPSA) is 90.8 Å². The molecule has 3 aromatic rings. The molecule has 2 aromatic carbocycles. The van der Waals surface area contributed by atoms with Gasteiger partial charge in [-0.2, -0.15) is 0 Å². The second-order valence-corrected chi connectivity index (χ2v) is 5.02. The van der Waals surface area contributed by atoms with E-state index in [1.807, 2.05) is 0 Å². The molecule has 0 fully saturated rings. The molecule has 7 heteroatoms. The Bertz CT molecular complexity index is 910. The van der Waals surface area contributed by atoms with E-state index in [0.29, 0.717) is 33.4 Å². The summed E-state index contributed by atoms with van der Waals surface area (Å²) < 4.78 is 15.1. The first kappa shape index (κ1) is 16.1. The summed E-state index contributed by atoms with van der Waals surface area (Å²) in [6, 6.07) is 8.50. The monoisotopic (exact) mass is 328 g/mol. The van der Waals surface area contributed by atoms with Crippen molar-refractivity contribution in [1.29, 1.82) is 0 Å². The van der Waals surface area contributed by atoms with E-state index in [1.165, 1.54) is 14.2 Å². The largest absolute Gasteiger partial charge is 0.494 e. The molecule has 0 unspecified atom stereocenters. The summed E-state index contributed by atoms with van der Waals surface area (Å²) in [5, 5.41) is 9.51. The van der Waals surface area contributed by atoms with Crippen LogP contribution in [0, 0.1) is 0 Å². The molecule has 3 rings (SSSR count). The van der Waals surface area contributed by atoms with Gasteiger partial charge in [0.15, 0.2) is 6.79 Å². The summed E-state index contributed by atoms with van der Waals surface area (Å²) in [5.41, 5.74) is 2.86. The molecule has 0 bridgehead atoms. The Balaban J connectivity index is 2.27. The Morgan fingerprint density at radius 2 is 1.92 bits per heavy atom. The number of aliphatic hydroxyl groups excluding tert-OH is 1. The molecule has 7 nitrogen and oxygen atoms in total. The average Bonchev–Trinajstić information content (AvgIpc) is 2.63. The molecule has 0 atom stereocenters. The first-order chi connectivity index (χ1) is 11.7. The summed E-state index contributed by atoms with van der Waals surface area (Å²) in [5.74, 6) is -0.0370. The lowest BCUT2D eigenvalue weighted by atomic mass is 10.1. The summed E-state index contributed by atoms with van der Waals surface area (Å²) in [7, 11) is 2.96. The lowest BCUT2D eigenvalue weighted by Crippen LogP contribution is -2.09. The molecular formula is C17H16N2O5. The summed E-state index contributed by atoms with van der Waals surface area (Å²) in [4.78, 5) is 21.3. The standard InChI is InChI=1S/C17H16N2O5/c1-22-9-24-17(21)11-4-3-5-12-15(11)19-16-13(23-2)7-6-10(8-20)14(16)18-12/h3-7,20H,8-9H2,1-2H3. The minimum Gasteiger partial charge on any atom is -0.494 e. The maximum Gasteiger partial charge on any atom is 0.342 e. The number of hydrogen-bond donors (Lipinski definition) is 1. The van der Waals surface area contributed by atoms with E-state index < -0.39 is 5.97 Å². The fraction of sp³-hybridized carbons (Fsp3) is 0.235. The Morgan fingerprint density at radius 1 is 1.08 bits per heavy atom. The van der Waals surface area contributed by atoms with Crippen LogP contribution in [-0.4, -0.2) is 42.1 Å². The summed E-state index contributed by atoms with van der Waals surface area (Å²) in [6.45, 7) is -0.315. The van der Waals surface area contributed by atoms with Crippen molar-refractivity contribution in [1.82, 2.24) is 9.97 Å². The molecule has 0 radical (unpaired) electrons. The van der Waals surface area contributed by atoms with Crippen LogP contribution < -0.4 is 4.74 Å². The normalized spacial score (nSPS) is 11.0. The van der Waals surface area contributed by atoms with Gasteiger partial charge in [-0.05, 0) is 18.2 Å². The van der Waals surface area contributed by atoms with Crippen LogP contribution in [0.5, 0.6) is 5.75 Å². The number of ether oxygens (including phenoxy) is 3. The van der Waals surface area contributed by atoms with Gasteiger partial charge in [-0.1, -0.05) is 12.1 Å². The zero-order valence-electron chi connectivity index (χ0n) is 13.3. The van der Waals surface area contributed by atoms with Crippen molar-refractivity contribution in [3.05, 3.63) is 41.5 Å². The van der Waals surface area contributed by atoms with Crippen molar-refractivity contribution in [3.8, 4) is 5.75 Å². The maximum absolute atomic E-state index is 12.2. The first-order valence-electron chi connectivity index (χ1n) is 7.23. The molecule has 0 aliphatic rings. The van der Waals surface area contributed by atoms with Crippen molar-refractivity contribution >= 4 is 28.0 Å². The van der Waals surface area contributed by atoms with Crippen molar-refractivity contribution in [2.24, 2.45) is 0 Å².